The van der Waals surface area contributed by atoms with E-state index in [1.165, 1.54) is 55.6 Å². The van der Waals surface area contributed by atoms with Crippen molar-refractivity contribution >= 4 is 5.69 Å². The van der Waals surface area contributed by atoms with Crippen LogP contribution in [0.5, 0.6) is 0 Å². The van der Waals surface area contributed by atoms with Crippen LogP contribution < -0.4 is 5.32 Å². The van der Waals surface area contributed by atoms with Crippen molar-refractivity contribution in [1.29, 1.82) is 0 Å². The molecule has 98 valence electrons. The number of benzene rings is 1. The molecule has 0 spiro atoms. The molecule has 1 aliphatic carbocycles. The standard InChI is InChI=1S/C16H24N2/c1-2-18(11-13-4-3-5-13)12-14-6-7-15-8-9-17-16(15)10-14/h6-7,10,13,17H,2-5,8-9,11-12H2,1H3. The number of nitrogens with one attached hydrogen (secondary N) is 1. The van der Waals surface area contributed by atoms with Crippen LogP contribution in [-0.4, -0.2) is 24.5 Å². The van der Waals surface area contributed by atoms with Crippen LogP contribution in [0.2, 0.25) is 0 Å². The highest BCUT2D eigenvalue weighted by Gasteiger charge is 2.20. The van der Waals surface area contributed by atoms with Gasteiger partial charge in [0.15, 0.2) is 0 Å². The number of hydrogen-bond donors (Lipinski definition) is 1. The topological polar surface area (TPSA) is 15.3 Å². The highest BCUT2D eigenvalue weighted by Crippen LogP contribution is 2.28. The van der Waals surface area contributed by atoms with Gasteiger partial charge in [0.05, 0.1) is 0 Å². The van der Waals surface area contributed by atoms with Gasteiger partial charge in [0.2, 0.25) is 0 Å². The normalized spacial score (nSPS) is 18.6. The molecule has 0 radical (unpaired) electrons. The third kappa shape index (κ3) is 2.54. The number of rotatable bonds is 5. The zero-order valence-corrected chi connectivity index (χ0v) is 11.4. The lowest BCUT2D eigenvalue weighted by Gasteiger charge is -2.31. The number of fused-ring (bicyclic) bond motifs is 1. The molecule has 1 aromatic rings. The van der Waals surface area contributed by atoms with Crippen LogP contribution in [0, 0.1) is 5.92 Å². The van der Waals surface area contributed by atoms with Gasteiger partial charge in [0, 0.05) is 25.3 Å². The fourth-order valence-corrected chi connectivity index (χ4v) is 3.04. The first-order chi connectivity index (χ1) is 8.85. The molecule has 0 unspecified atom stereocenters. The lowest BCUT2D eigenvalue weighted by atomic mass is 9.85. The van der Waals surface area contributed by atoms with E-state index in [0.29, 0.717) is 0 Å². The van der Waals surface area contributed by atoms with Gasteiger partial charge in [0.1, 0.15) is 0 Å². The third-order valence-electron chi connectivity index (χ3n) is 4.48. The average Bonchev–Trinajstić information content (AvgIpc) is 2.79. The maximum absolute atomic E-state index is 3.48. The van der Waals surface area contributed by atoms with Gasteiger partial charge < -0.3 is 5.32 Å². The molecule has 3 rings (SSSR count). The van der Waals surface area contributed by atoms with Gasteiger partial charge in [-0.3, -0.25) is 4.90 Å². The first kappa shape index (κ1) is 12.0. The van der Waals surface area contributed by atoms with E-state index in [9.17, 15) is 0 Å². The summed E-state index contributed by atoms with van der Waals surface area (Å²) in [6, 6.07) is 6.98. The van der Waals surface area contributed by atoms with E-state index in [0.717, 1.165) is 19.0 Å². The van der Waals surface area contributed by atoms with E-state index >= 15 is 0 Å². The molecule has 18 heavy (non-hydrogen) atoms. The Kier molecular flexibility index (Phi) is 3.55. The molecule has 2 aliphatic rings. The van der Waals surface area contributed by atoms with Crippen LogP contribution in [0.3, 0.4) is 0 Å². The molecule has 2 heteroatoms. The molecule has 0 atom stereocenters. The fourth-order valence-electron chi connectivity index (χ4n) is 3.04. The highest BCUT2D eigenvalue weighted by atomic mass is 15.1. The van der Waals surface area contributed by atoms with E-state index in [1.54, 1.807) is 0 Å². The van der Waals surface area contributed by atoms with Gasteiger partial charge in [-0.15, -0.1) is 0 Å². The molecule has 1 N–H and O–H groups in total. The van der Waals surface area contributed by atoms with E-state index in [2.05, 4.69) is 35.3 Å². The van der Waals surface area contributed by atoms with E-state index < -0.39 is 0 Å². The van der Waals surface area contributed by atoms with Gasteiger partial charge in [0.25, 0.3) is 0 Å². The van der Waals surface area contributed by atoms with E-state index in [-0.39, 0.29) is 0 Å². The fraction of sp³-hybridized carbons (Fsp3) is 0.625. The SMILES string of the molecule is CCN(Cc1ccc2c(c1)NCC2)CC1CCC1. The van der Waals surface area contributed by atoms with E-state index in [4.69, 9.17) is 0 Å². The molecular formula is C16H24N2. The monoisotopic (exact) mass is 244 g/mol. The van der Waals surface area contributed by atoms with Crippen molar-refractivity contribution in [3.8, 4) is 0 Å². The second kappa shape index (κ2) is 5.31. The molecule has 1 aromatic carbocycles. The first-order valence-electron chi connectivity index (χ1n) is 7.43. The van der Waals surface area contributed by atoms with Crippen molar-refractivity contribution < 1.29 is 0 Å². The molecule has 1 aliphatic heterocycles. The molecule has 1 heterocycles. The Balaban J connectivity index is 1.63. The summed E-state index contributed by atoms with van der Waals surface area (Å²) in [6.07, 6.45) is 5.53. The lowest BCUT2D eigenvalue weighted by Crippen LogP contribution is -2.32. The maximum Gasteiger partial charge on any atom is 0.0376 e. The van der Waals surface area contributed by atoms with Crippen LogP contribution in [-0.2, 0) is 13.0 Å². The number of hydrogen-bond acceptors (Lipinski definition) is 2. The molecule has 0 bridgehead atoms. The third-order valence-corrected chi connectivity index (χ3v) is 4.48. The molecule has 1 fully saturated rings. The summed E-state index contributed by atoms with van der Waals surface area (Å²) in [5.74, 6) is 0.970. The number of anilines is 1. The van der Waals surface area contributed by atoms with Crippen molar-refractivity contribution in [1.82, 2.24) is 4.90 Å². The minimum Gasteiger partial charge on any atom is -0.384 e. The van der Waals surface area contributed by atoms with Gasteiger partial charge in [-0.1, -0.05) is 25.5 Å². The van der Waals surface area contributed by atoms with Crippen molar-refractivity contribution in [2.75, 3.05) is 25.0 Å². The Hall–Kier alpha value is -1.02. The molecule has 2 nitrogen and oxygen atoms in total. The Morgan fingerprint density at radius 3 is 2.94 bits per heavy atom. The molecule has 0 aromatic heterocycles. The Morgan fingerprint density at radius 1 is 1.33 bits per heavy atom. The summed E-state index contributed by atoms with van der Waals surface area (Å²) >= 11 is 0. The largest absolute Gasteiger partial charge is 0.384 e. The van der Waals surface area contributed by atoms with E-state index in [1.807, 2.05) is 0 Å². The average molecular weight is 244 g/mol. The van der Waals surface area contributed by atoms with Crippen LogP contribution >= 0.6 is 0 Å². The smallest absolute Gasteiger partial charge is 0.0376 e. The van der Waals surface area contributed by atoms with Crippen LogP contribution in [0.15, 0.2) is 18.2 Å². The maximum atomic E-state index is 3.48. The minimum atomic E-state index is 0.970. The van der Waals surface area contributed by atoms with Gasteiger partial charge in [-0.2, -0.15) is 0 Å². The second-order valence-corrected chi connectivity index (χ2v) is 5.79. The molecule has 0 amide bonds. The predicted molar refractivity (Wildman–Crippen MR) is 76.9 cm³/mol. The molecule has 1 saturated carbocycles. The summed E-state index contributed by atoms with van der Waals surface area (Å²) in [5.41, 5.74) is 4.32. The number of nitrogens with zero attached hydrogens (tertiary/aromatic N) is 1. The second-order valence-electron chi connectivity index (χ2n) is 5.79. The summed E-state index contributed by atoms with van der Waals surface area (Å²) in [5, 5.41) is 3.48. The van der Waals surface area contributed by atoms with Gasteiger partial charge in [-0.05, 0) is 48.9 Å². The predicted octanol–water partition coefficient (Wildman–Crippen LogP) is 3.28. The van der Waals surface area contributed by atoms with Crippen LogP contribution in [0.1, 0.15) is 37.3 Å². The zero-order valence-electron chi connectivity index (χ0n) is 11.4. The van der Waals surface area contributed by atoms with Crippen molar-refractivity contribution in [3.63, 3.8) is 0 Å². The zero-order chi connectivity index (χ0) is 12.4. The summed E-state index contributed by atoms with van der Waals surface area (Å²) in [4.78, 5) is 2.60. The van der Waals surface area contributed by atoms with Crippen LogP contribution in [0.25, 0.3) is 0 Å². The van der Waals surface area contributed by atoms with Gasteiger partial charge >= 0.3 is 0 Å². The summed E-state index contributed by atoms with van der Waals surface area (Å²) in [7, 11) is 0. The quantitative estimate of drug-likeness (QED) is 0.855. The first-order valence-corrected chi connectivity index (χ1v) is 7.43. The van der Waals surface area contributed by atoms with Gasteiger partial charge in [-0.25, -0.2) is 0 Å². The van der Waals surface area contributed by atoms with Crippen LogP contribution in [0.4, 0.5) is 5.69 Å². The minimum absolute atomic E-state index is 0.970. The Labute approximate surface area is 110 Å². The summed E-state index contributed by atoms with van der Waals surface area (Å²) < 4.78 is 0. The van der Waals surface area contributed by atoms with Crippen molar-refractivity contribution in [2.24, 2.45) is 5.92 Å². The Bertz CT molecular complexity index is 410. The Morgan fingerprint density at radius 2 is 2.22 bits per heavy atom. The molecular weight excluding hydrogens is 220 g/mol. The highest BCUT2D eigenvalue weighted by molar-refractivity contribution is 5.56. The van der Waals surface area contributed by atoms with Crippen molar-refractivity contribution in [3.05, 3.63) is 29.3 Å². The summed E-state index contributed by atoms with van der Waals surface area (Å²) in [6.45, 7) is 6.96. The molecule has 0 saturated heterocycles. The van der Waals surface area contributed by atoms with Crippen molar-refractivity contribution in [2.45, 2.75) is 39.2 Å². The lowest BCUT2D eigenvalue weighted by molar-refractivity contribution is 0.178.